The molecule has 6 nitrogen and oxygen atoms in total. The summed E-state index contributed by atoms with van der Waals surface area (Å²) < 4.78 is 1.84. The Hall–Kier alpha value is -3.80. The van der Waals surface area contributed by atoms with Crippen molar-refractivity contribution in [1.29, 1.82) is 0 Å². The normalized spacial score (nSPS) is 10.6. The minimum Gasteiger partial charge on any atom is -0.352 e. The van der Waals surface area contributed by atoms with Crippen LogP contribution in [0.1, 0.15) is 17.7 Å². The smallest absolute Gasteiger partial charge is 0.220 e. The molecule has 4 rings (SSSR count). The Bertz CT molecular complexity index is 1060. The second-order valence-electron chi connectivity index (χ2n) is 6.62. The number of pyridine rings is 2. The molecule has 0 aliphatic rings. The van der Waals surface area contributed by atoms with Gasteiger partial charge in [0.25, 0.3) is 0 Å². The molecular formula is C23H21N5O. The van der Waals surface area contributed by atoms with Crippen molar-refractivity contribution >= 4 is 5.91 Å². The Morgan fingerprint density at radius 1 is 0.931 bits per heavy atom. The van der Waals surface area contributed by atoms with Gasteiger partial charge in [-0.1, -0.05) is 24.3 Å². The van der Waals surface area contributed by atoms with Gasteiger partial charge in [0, 0.05) is 54.6 Å². The summed E-state index contributed by atoms with van der Waals surface area (Å²) in [6, 6.07) is 19.5. The molecular weight excluding hydrogens is 362 g/mol. The molecule has 1 aromatic carbocycles. The lowest BCUT2D eigenvalue weighted by Crippen LogP contribution is -2.23. The zero-order valence-electron chi connectivity index (χ0n) is 15.9. The van der Waals surface area contributed by atoms with Crippen molar-refractivity contribution in [2.45, 2.75) is 19.4 Å². The minimum atomic E-state index is -0.0104. The third-order valence-corrected chi connectivity index (χ3v) is 4.57. The number of aryl methyl sites for hydroxylation is 1. The molecule has 6 heteroatoms. The quantitative estimate of drug-likeness (QED) is 0.529. The van der Waals surface area contributed by atoms with E-state index in [4.69, 9.17) is 5.10 Å². The number of hydrogen-bond donors (Lipinski definition) is 1. The third kappa shape index (κ3) is 4.73. The Kier molecular flexibility index (Phi) is 5.71. The van der Waals surface area contributed by atoms with Gasteiger partial charge in [-0.25, -0.2) is 4.68 Å². The summed E-state index contributed by atoms with van der Waals surface area (Å²) >= 11 is 0. The number of rotatable bonds is 7. The highest BCUT2D eigenvalue weighted by Gasteiger charge is 2.13. The van der Waals surface area contributed by atoms with Gasteiger partial charge in [0.05, 0.1) is 11.4 Å². The third-order valence-electron chi connectivity index (χ3n) is 4.57. The van der Waals surface area contributed by atoms with Crippen molar-refractivity contribution < 1.29 is 4.79 Å². The average molecular weight is 383 g/mol. The van der Waals surface area contributed by atoms with Gasteiger partial charge in [-0.15, -0.1) is 0 Å². The molecule has 3 heterocycles. The molecule has 29 heavy (non-hydrogen) atoms. The Morgan fingerprint density at radius 2 is 1.72 bits per heavy atom. The van der Waals surface area contributed by atoms with Crippen LogP contribution in [0.15, 0.2) is 85.5 Å². The summed E-state index contributed by atoms with van der Waals surface area (Å²) in [4.78, 5) is 20.7. The second kappa shape index (κ2) is 8.93. The van der Waals surface area contributed by atoms with E-state index in [1.54, 1.807) is 18.6 Å². The van der Waals surface area contributed by atoms with Crippen LogP contribution in [0.3, 0.4) is 0 Å². The summed E-state index contributed by atoms with van der Waals surface area (Å²) in [7, 11) is 0. The molecule has 0 fully saturated rings. The van der Waals surface area contributed by atoms with Gasteiger partial charge in [0.1, 0.15) is 0 Å². The molecule has 0 radical (unpaired) electrons. The predicted octanol–water partition coefficient (Wildman–Crippen LogP) is 3.58. The summed E-state index contributed by atoms with van der Waals surface area (Å²) in [5, 5.41) is 7.76. The van der Waals surface area contributed by atoms with Crippen molar-refractivity contribution in [3.63, 3.8) is 0 Å². The molecule has 0 bridgehead atoms. The molecule has 0 atom stereocenters. The molecule has 1 amide bonds. The Labute approximate surface area is 169 Å². The van der Waals surface area contributed by atoms with Crippen LogP contribution in [-0.4, -0.2) is 25.7 Å². The van der Waals surface area contributed by atoms with Crippen LogP contribution in [0.4, 0.5) is 0 Å². The zero-order chi connectivity index (χ0) is 19.9. The van der Waals surface area contributed by atoms with Gasteiger partial charge < -0.3 is 5.32 Å². The van der Waals surface area contributed by atoms with Crippen LogP contribution in [0.2, 0.25) is 0 Å². The lowest BCUT2D eigenvalue weighted by Gasteiger charge is -2.05. The van der Waals surface area contributed by atoms with Gasteiger partial charge >= 0.3 is 0 Å². The molecule has 0 saturated carbocycles. The van der Waals surface area contributed by atoms with Gasteiger partial charge in [0.15, 0.2) is 0 Å². The maximum Gasteiger partial charge on any atom is 0.220 e. The SMILES string of the molecule is O=C(CCc1ccccn1)NCc1cn(-c2ccccc2)nc1-c1ccncc1. The predicted molar refractivity (Wildman–Crippen MR) is 111 cm³/mol. The van der Waals surface area contributed by atoms with Crippen molar-refractivity contribution in [1.82, 2.24) is 25.1 Å². The largest absolute Gasteiger partial charge is 0.352 e. The maximum atomic E-state index is 12.3. The highest BCUT2D eigenvalue weighted by atomic mass is 16.1. The number of nitrogens with one attached hydrogen (secondary N) is 1. The van der Waals surface area contributed by atoms with E-state index in [0.717, 1.165) is 28.2 Å². The lowest BCUT2D eigenvalue weighted by molar-refractivity contribution is -0.121. The van der Waals surface area contributed by atoms with Crippen LogP contribution in [0, 0.1) is 0 Å². The molecule has 0 aliphatic heterocycles. The van der Waals surface area contributed by atoms with Crippen LogP contribution in [-0.2, 0) is 17.8 Å². The highest BCUT2D eigenvalue weighted by molar-refractivity contribution is 5.76. The van der Waals surface area contributed by atoms with E-state index in [9.17, 15) is 4.79 Å². The number of aromatic nitrogens is 4. The first-order valence-electron chi connectivity index (χ1n) is 9.50. The van der Waals surface area contributed by atoms with Crippen LogP contribution < -0.4 is 5.32 Å². The maximum absolute atomic E-state index is 12.3. The van der Waals surface area contributed by atoms with E-state index in [0.29, 0.717) is 19.4 Å². The van der Waals surface area contributed by atoms with E-state index in [1.807, 2.05) is 71.5 Å². The monoisotopic (exact) mass is 383 g/mol. The number of nitrogens with zero attached hydrogens (tertiary/aromatic N) is 4. The Balaban J connectivity index is 1.49. The fourth-order valence-electron chi connectivity index (χ4n) is 3.07. The molecule has 1 N–H and O–H groups in total. The summed E-state index contributed by atoms with van der Waals surface area (Å²) in [5.41, 5.74) is 4.63. The van der Waals surface area contributed by atoms with Gasteiger partial charge in [-0.2, -0.15) is 5.10 Å². The van der Waals surface area contributed by atoms with Gasteiger partial charge in [-0.3, -0.25) is 14.8 Å². The standard InChI is InChI=1S/C23H21N5O/c29-22(10-9-20-6-4-5-13-25-20)26-16-19-17-28(21-7-2-1-3-8-21)27-23(19)18-11-14-24-15-12-18/h1-8,11-15,17H,9-10,16H2,(H,26,29). The number of benzene rings is 1. The molecule has 3 aromatic heterocycles. The fourth-order valence-corrected chi connectivity index (χ4v) is 3.07. The average Bonchev–Trinajstić information content (AvgIpc) is 3.22. The van der Waals surface area contributed by atoms with Crippen molar-refractivity contribution in [3.8, 4) is 16.9 Å². The molecule has 0 aliphatic carbocycles. The Morgan fingerprint density at radius 3 is 2.48 bits per heavy atom. The first kappa shape index (κ1) is 18.6. The van der Waals surface area contributed by atoms with E-state index in [2.05, 4.69) is 15.3 Å². The second-order valence-corrected chi connectivity index (χ2v) is 6.62. The molecule has 4 aromatic rings. The first-order valence-corrected chi connectivity index (χ1v) is 9.50. The lowest BCUT2D eigenvalue weighted by atomic mass is 10.1. The minimum absolute atomic E-state index is 0.0104. The van der Waals surface area contributed by atoms with Crippen molar-refractivity contribution in [2.75, 3.05) is 0 Å². The summed E-state index contributed by atoms with van der Waals surface area (Å²) in [6.07, 6.45) is 8.20. The van der Waals surface area contributed by atoms with Crippen LogP contribution in [0.5, 0.6) is 0 Å². The number of carbonyl (C=O) groups is 1. The van der Waals surface area contributed by atoms with E-state index < -0.39 is 0 Å². The topological polar surface area (TPSA) is 72.7 Å². The van der Waals surface area contributed by atoms with Crippen molar-refractivity contribution in [2.24, 2.45) is 0 Å². The molecule has 144 valence electrons. The van der Waals surface area contributed by atoms with Gasteiger partial charge in [-0.05, 0) is 42.8 Å². The fraction of sp³-hybridized carbons (Fsp3) is 0.130. The molecule has 0 saturated heterocycles. The summed E-state index contributed by atoms with van der Waals surface area (Å²) in [6.45, 7) is 0.408. The van der Waals surface area contributed by atoms with Crippen LogP contribution >= 0.6 is 0 Å². The van der Waals surface area contributed by atoms with E-state index in [1.165, 1.54) is 0 Å². The van der Waals surface area contributed by atoms with E-state index in [-0.39, 0.29) is 5.91 Å². The first-order chi connectivity index (χ1) is 14.3. The van der Waals surface area contributed by atoms with Gasteiger partial charge in [0.2, 0.25) is 5.91 Å². The molecule has 0 spiro atoms. The summed E-state index contributed by atoms with van der Waals surface area (Å²) in [5.74, 6) is -0.0104. The number of para-hydroxylation sites is 1. The number of amides is 1. The number of hydrogen-bond acceptors (Lipinski definition) is 4. The van der Waals surface area contributed by atoms with Crippen molar-refractivity contribution in [3.05, 3.63) is 96.7 Å². The highest BCUT2D eigenvalue weighted by Crippen LogP contribution is 2.23. The number of carbonyl (C=O) groups excluding carboxylic acids is 1. The molecule has 0 unspecified atom stereocenters. The zero-order valence-corrected chi connectivity index (χ0v) is 15.9. The van der Waals surface area contributed by atoms with E-state index >= 15 is 0 Å². The van der Waals surface area contributed by atoms with Crippen LogP contribution in [0.25, 0.3) is 16.9 Å².